The van der Waals surface area contributed by atoms with E-state index >= 15 is 0 Å². The fraction of sp³-hybridized carbons (Fsp3) is 0.200. The van der Waals surface area contributed by atoms with E-state index in [9.17, 15) is 9.59 Å². The van der Waals surface area contributed by atoms with Crippen molar-refractivity contribution >= 4 is 51.8 Å². The van der Waals surface area contributed by atoms with Crippen LogP contribution in [0.15, 0.2) is 69.9 Å². The van der Waals surface area contributed by atoms with E-state index in [-0.39, 0.29) is 17.6 Å². The van der Waals surface area contributed by atoms with E-state index in [1.54, 1.807) is 11.8 Å². The summed E-state index contributed by atoms with van der Waals surface area (Å²) in [6.07, 6.45) is 0.294. The molecular formula is C20H20N4O2S3. The number of thioether (sulfide) groups is 2. The van der Waals surface area contributed by atoms with Crippen LogP contribution >= 0.6 is 34.9 Å². The van der Waals surface area contributed by atoms with E-state index in [0.29, 0.717) is 28.2 Å². The standard InChI is InChI=1S/C20H20N4O2S3/c25-17(11-12-27-16-9-5-2-6-10-16)22-18(26)14-28-20-24-23-19(29-20)21-13-15-7-3-1-4-8-15/h1-10H,11-14H2,(H,21,23)(H,22,25,26). The zero-order valence-electron chi connectivity index (χ0n) is 15.5. The summed E-state index contributed by atoms with van der Waals surface area (Å²) in [6.45, 7) is 0.663. The van der Waals surface area contributed by atoms with E-state index in [1.165, 1.54) is 23.1 Å². The number of hydrogen-bond donors (Lipinski definition) is 2. The number of hydrogen-bond acceptors (Lipinski definition) is 8. The molecule has 1 heterocycles. The maximum atomic E-state index is 12.0. The molecule has 0 spiro atoms. The Morgan fingerprint density at radius 3 is 2.38 bits per heavy atom. The van der Waals surface area contributed by atoms with Gasteiger partial charge >= 0.3 is 0 Å². The van der Waals surface area contributed by atoms with Crippen LogP contribution in [0.3, 0.4) is 0 Å². The second-order valence-electron chi connectivity index (χ2n) is 5.88. The van der Waals surface area contributed by atoms with Crippen molar-refractivity contribution in [2.24, 2.45) is 0 Å². The summed E-state index contributed by atoms with van der Waals surface area (Å²) in [4.78, 5) is 25.0. The summed E-state index contributed by atoms with van der Waals surface area (Å²) in [5.41, 5.74) is 1.15. The van der Waals surface area contributed by atoms with Gasteiger partial charge < -0.3 is 5.32 Å². The number of carbonyl (C=O) groups excluding carboxylic acids is 2. The molecule has 2 aromatic carbocycles. The summed E-state index contributed by atoms with van der Waals surface area (Å²) < 4.78 is 0.683. The molecule has 2 N–H and O–H groups in total. The predicted octanol–water partition coefficient (Wildman–Crippen LogP) is 4.07. The fourth-order valence-corrected chi connectivity index (χ4v) is 4.69. The van der Waals surface area contributed by atoms with Crippen molar-refractivity contribution in [3.8, 4) is 0 Å². The molecule has 0 aliphatic rings. The summed E-state index contributed by atoms with van der Waals surface area (Å²) >= 11 is 4.25. The molecule has 0 radical (unpaired) electrons. The number of aromatic nitrogens is 2. The van der Waals surface area contributed by atoms with Gasteiger partial charge in [0.05, 0.1) is 5.75 Å². The highest BCUT2D eigenvalue weighted by Crippen LogP contribution is 2.25. The van der Waals surface area contributed by atoms with Gasteiger partial charge in [0, 0.05) is 23.6 Å². The van der Waals surface area contributed by atoms with Gasteiger partial charge in [-0.25, -0.2) is 0 Å². The number of amides is 2. The van der Waals surface area contributed by atoms with Crippen molar-refractivity contribution in [3.63, 3.8) is 0 Å². The maximum absolute atomic E-state index is 12.0. The molecule has 0 aliphatic carbocycles. The molecular weight excluding hydrogens is 424 g/mol. The van der Waals surface area contributed by atoms with Gasteiger partial charge in [-0.2, -0.15) is 0 Å². The van der Waals surface area contributed by atoms with Crippen LogP contribution in [-0.2, 0) is 16.1 Å². The largest absolute Gasteiger partial charge is 0.356 e. The minimum atomic E-state index is -0.321. The normalized spacial score (nSPS) is 10.5. The van der Waals surface area contributed by atoms with Gasteiger partial charge in [0.25, 0.3) is 0 Å². The number of nitrogens with zero attached hydrogens (tertiary/aromatic N) is 2. The Kier molecular flexibility index (Phi) is 8.54. The number of imide groups is 1. The Labute approximate surface area is 181 Å². The molecule has 9 heteroatoms. The molecule has 3 rings (SSSR count). The number of nitrogens with one attached hydrogen (secondary N) is 2. The molecule has 0 unspecified atom stereocenters. The number of rotatable bonds is 10. The first-order valence-corrected chi connectivity index (χ1v) is 11.7. The van der Waals surface area contributed by atoms with Crippen LogP contribution in [0.1, 0.15) is 12.0 Å². The van der Waals surface area contributed by atoms with Gasteiger partial charge in [-0.1, -0.05) is 71.6 Å². The second-order valence-corrected chi connectivity index (χ2v) is 9.25. The van der Waals surface area contributed by atoms with Crippen LogP contribution < -0.4 is 10.6 Å². The number of anilines is 1. The van der Waals surface area contributed by atoms with Gasteiger partial charge in [-0.15, -0.1) is 22.0 Å². The zero-order chi connectivity index (χ0) is 20.3. The van der Waals surface area contributed by atoms with Crippen LogP contribution in [0.2, 0.25) is 0 Å². The topological polar surface area (TPSA) is 84.0 Å². The predicted molar refractivity (Wildman–Crippen MR) is 119 cm³/mol. The van der Waals surface area contributed by atoms with E-state index in [0.717, 1.165) is 10.5 Å². The average molecular weight is 445 g/mol. The lowest BCUT2D eigenvalue weighted by Crippen LogP contribution is -2.31. The maximum Gasteiger partial charge on any atom is 0.236 e. The van der Waals surface area contributed by atoms with Crippen molar-refractivity contribution in [1.29, 1.82) is 0 Å². The molecule has 1 aromatic heterocycles. The van der Waals surface area contributed by atoms with E-state index in [2.05, 4.69) is 20.8 Å². The molecule has 29 heavy (non-hydrogen) atoms. The van der Waals surface area contributed by atoms with Gasteiger partial charge in [0.2, 0.25) is 16.9 Å². The fourth-order valence-electron chi connectivity index (χ4n) is 2.27. The Bertz CT molecular complexity index is 920. The molecule has 0 aliphatic heterocycles. The second kappa shape index (κ2) is 11.6. The number of benzene rings is 2. The molecule has 0 saturated carbocycles. The molecule has 2 amide bonds. The van der Waals surface area contributed by atoms with E-state index in [4.69, 9.17) is 0 Å². The Hall–Kier alpha value is -2.36. The summed E-state index contributed by atoms with van der Waals surface area (Å²) in [5, 5.41) is 14.5. The molecule has 3 aromatic rings. The van der Waals surface area contributed by atoms with Gasteiger partial charge in [0.15, 0.2) is 4.34 Å². The van der Waals surface area contributed by atoms with Crippen molar-refractivity contribution in [1.82, 2.24) is 15.5 Å². The third kappa shape index (κ3) is 7.88. The summed E-state index contributed by atoms with van der Waals surface area (Å²) in [6, 6.07) is 19.9. The lowest BCUT2D eigenvalue weighted by molar-refractivity contribution is -0.128. The molecule has 0 fully saturated rings. The average Bonchev–Trinajstić information content (AvgIpc) is 3.20. The van der Waals surface area contributed by atoms with Gasteiger partial charge in [-0.05, 0) is 17.7 Å². The molecule has 0 saturated heterocycles. The van der Waals surface area contributed by atoms with E-state index in [1.807, 2.05) is 60.7 Å². The highest BCUT2D eigenvalue weighted by atomic mass is 32.2. The van der Waals surface area contributed by atoms with Crippen LogP contribution in [0.5, 0.6) is 0 Å². The molecule has 6 nitrogen and oxygen atoms in total. The minimum Gasteiger partial charge on any atom is -0.356 e. The van der Waals surface area contributed by atoms with Crippen molar-refractivity contribution in [3.05, 3.63) is 66.2 Å². The highest BCUT2D eigenvalue weighted by Gasteiger charge is 2.11. The zero-order valence-corrected chi connectivity index (χ0v) is 18.0. The Morgan fingerprint density at radius 2 is 1.62 bits per heavy atom. The molecule has 0 atom stereocenters. The smallest absolute Gasteiger partial charge is 0.236 e. The summed E-state index contributed by atoms with van der Waals surface area (Å²) in [7, 11) is 0. The van der Waals surface area contributed by atoms with Crippen LogP contribution in [0.4, 0.5) is 5.13 Å². The monoisotopic (exact) mass is 444 g/mol. The Morgan fingerprint density at radius 1 is 0.897 bits per heavy atom. The van der Waals surface area contributed by atoms with Gasteiger partial charge in [0.1, 0.15) is 0 Å². The van der Waals surface area contributed by atoms with Crippen molar-refractivity contribution in [2.75, 3.05) is 16.8 Å². The van der Waals surface area contributed by atoms with Crippen LogP contribution in [0.25, 0.3) is 0 Å². The first kappa shape index (κ1) is 21.4. The van der Waals surface area contributed by atoms with Crippen molar-refractivity contribution in [2.45, 2.75) is 22.2 Å². The summed E-state index contributed by atoms with van der Waals surface area (Å²) in [5.74, 6) is 0.175. The SMILES string of the molecule is O=C(CCSc1ccccc1)NC(=O)CSc1nnc(NCc2ccccc2)s1. The lowest BCUT2D eigenvalue weighted by atomic mass is 10.2. The number of carbonyl (C=O) groups is 2. The molecule has 150 valence electrons. The quantitative estimate of drug-likeness (QED) is 0.456. The first-order chi connectivity index (χ1) is 14.2. The first-order valence-electron chi connectivity index (χ1n) is 8.93. The third-order valence-corrected chi connectivity index (χ3v) is 6.67. The minimum absolute atomic E-state index is 0.130. The van der Waals surface area contributed by atoms with Crippen LogP contribution in [-0.4, -0.2) is 33.5 Å². The van der Waals surface area contributed by atoms with Crippen LogP contribution in [0, 0.1) is 0 Å². The molecule has 0 bridgehead atoms. The van der Waals surface area contributed by atoms with Gasteiger partial charge in [-0.3, -0.25) is 14.9 Å². The lowest BCUT2D eigenvalue weighted by Gasteiger charge is -2.03. The van der Waals surface area contributed by atoms with E-state index < -0.39 is 0 Å². The van der Waals surface area contributed by atoms with Crippen molar-refractivity contribution < 1.29 is 9.59 Å². The third-order valence-electron chi connectivity index (χ3n) is 3.64. The highest BCUT2D eigenvalue weighted by molar-refractivity contribution is 8.01. The Balaban J connectivity index is 1.32.